The molecule has 0 saturated carbocycles. The molecule has 1 atom stereocenters. The van der Waals surface area contributed by atoms with Crippen LogP contribution in [-0.4, -0.2) is 30.0 Å². The Labute approximate surface area is 134 Å². The van der Waals surface area contributed by atoms with Gasteiger partial charge in [-0.1, -0.05) is 17.7 Å². The summed E-state index contributed by atoms with van der Waals surface area (Å²) in [5.74, 6) is 0.777. The molecule has 0 unspecified atom stereocenters. The predicted molar refractivity (Wildman–Crippen MR) is 83.0 cm³/mol. The van der Waals surface area contributed by atoms with Gasteiger partial charge in [0.1, 0.15) is 18.1 Å². The van der Waals surface area contributed by atoms with Gasteiger partial charge in [0.15, 0.2) is 5.54 Å². The molecular weight excluding hydrogens is 296 g/mol. The summed E-state index contributed by atoms with van der Waals surface area (Å²) in [5.41, 5.74) is -0.0228. The van der Waals surface area contributed by atoms with Crippen LogP contribution in [0.5, 0.6) is 5.75 Å². The fourth-order valence-electron chi connectivity index (χ4n) is 2.52. The molecule has 3 rings (SSSR count). The van der Waals surface area contributed by atoms with Gasteiger partial charge in [-0.25, -0.2) is 4.79 Å². The molecule has 0 radical (unpaired) electrons. The van der Waals surface area contributed by atoms with E-state index in [2.05, 4.69) is 5.32 Å². The van der Waals surface area contributed by atoms with Crippen LogP contribution in [0.25, 0.3) is 0 Å². The maximum absolute atomic E-state index is 12.6. The molecule has 1 fully saturated rings. The lowest BCUT2D eigenvalue weighted by molar-refractivity contribution is -0.131. The molecule has 0 bridgehead atoms. The van der Waals surface area contributed by atoms with E-state index < -0.39 is 11.6 Å². The number of urea groups is 1. The second kappa shape index (κ2) is 5.79. The molecule has 23 heavy (non-hydrogen) atoms. The molecule has 120 valence electrons. The zero-order valence-corrected chi connectivity index (χ0v) is 13.0. The zero-order valence-electron chi connectivity index (χ0n) is 13.0. The number of hydrogen-bond donors (Lipinski definition) is 1. The minimum absolute atomic E-state index is 0.175. The van der Waals surface area contributed by atoms with Crippen LogP contribution in [0, 0.1) is 6.92 Å². The smallest absolute Gasteiger partial charge is 0.325 e. The maximum atomic E-state index is 12.6. The minimum Gasteiger partial charge on any atom is -0.492 e. The highest BCUT2D eigenvalue weighted by Crippen LogP contribution is 2.28. The van der Waals surface area contributed by atoms with E-state index in [0.717, 1.165) is 10.5 Å². The Kier molecular flexibility index (Phi) is 3.82. The third kappa shape index (κ3) is 2.79. The zero-order chi connectivity index (χ0) is 16.4. The lowest BCUT2D eigenvalue weighted by Crippen LogP contribution is -2.41. The summed E-state index contributed by atoms with van der Waals surface area (Å²) in [5, 5.41) is 2.68. The van der Waals surface area contributed by atoms with Crippen molar-refractivity contribution in [2.75, 3.05) is 13.2 Å². The second-order valence-electron chi connectivity index (χ2n) is 5.65. The van der Waals surface area contributed by atoms with Crippen molar-refractivity contribution in [2.24, 2.45) is 0 Å². The molecule has 1 aromatic heterocycles. The van der Waals surface area contributed by atoms with Crippen LogP contribution >= 0.6 is 0 Å². The van der Waals surface area contributed by atoms with Crippen molar-refractivity contribution in [2.45, 2.75) is 19.4 Å². The van der Waals surface area contributed by atoms with Gasteiger partial charge in [-0.15, -0.1) is 0 Å². The van der Waals surface area contributed by atoms with Crippen LogP contribution in [0.15, 0.2) is 47.1 Å². The van der Waals surface area contributed by atoms with Crippen LogP contribution in [-0.2, 0) is 10.3 Å². The number of nitrogens with one attached hydrogen (secondary N) is 1. The normalized spacial score (nSPS) is 20.7. The van der Waals surface area contributed by atoms with Gasteiger partial charge in [0, 0.05) is 0 Å². The SMILES string of the molecule is Cc1ccc(OCCN2C(=O)N[C@](C)(c3ccco3)C2=O)cc1. The Bertz CT molecular complexity index is 709. The van der Waals surface area contributed by atoms with Crippen molar-refractivity contribution in [1.29, 1.82) is 0 Å². The van der Waals surface area contributed by atoms with Gasteiger partial charge in [-0.05, 0) is 38.1 Å². The molecule has 0 spiro atoms. The van der Waals surface area contributed by atoms with Crippen molar-refractivity contribution in [1.82, 2.24) is 10.2 Å². The number of rotatable bonds is 5. The first kappa shape index (κ1) is 15.1. The summed E-state index contributed by atoms with van der Waals surface area (Å²) < 4.78 is 10.9. The average molecular weight is 314 g/mol. The summed E-state index contributed by atoms with van der Waals surface area (Å²) in [6.45, 7) is 4.03. The number of ether oxygens (including phenoxy) is 1. The van der Waals surface area contributed by atoms with E-state index in [0.29, 0.717) is 11.5 Å². The quantitative estimate of drug-likeness (QED) is 0.860. The molecule has 2 heterocycles. The first-order chi connectivity index (χ1) is 11.0. The number of imide groups is 1. The predicted octanol–water partition coefficient (Wildman–Crippen LogP) is 2.43. The topological polar surface area (TPSA) is 71.8 Å². The van der Waals surface area contributed by atoms with Crippen molar-refractivity contribution < 1.29 is 18.7 Å². The van der Waals surface area contributed by atoms with E-state index >= 15 is 0 Å². The summed E-state index contributed by atoms with van der Waals surface area (Å²) in [6.07, 6.45) is 1.48. The number of carbonyl (C=O) groups is 2. The number of aryl methyl sites for hydroxylation is 1. The Morgan fingerprint density at radius 2 is 1.96 bits per heavy atom. The van der Waals surface area contributed by atoms with Gasteiger partial charge in [0.25, 0.3) is 5.91 Å². The largest absolute Gasteiger partial charge is 0.492 e. The van der Waals surface area contributed by atoms with E-state index in [1.807, 2.05) is 31.2 Å². The van der Waals surface area contributed by atoms with Gasteiger partial charge in [0.05, 0.1) is 12.8 Å². The van der Waals surface area contributed by atoms with E-state index in [4.69, 9.17) is 9.15 Å². The minimum atomic E-state index is -1.16. The standard InChI is InChI=1S/C17H18N2O4/c1-12-5-7-13(8-6-12)22-11-9-19-15(20)17(2,18-16(19)21)14-4-3-10-23-14/h3-8,10H,9,11H2,1-2H3,(H,18,21)/t17-/m1/s1. The first-order valence-electron chi connectivity index (χ1n) is 7.38. The fourth-order valence-corrected chi connectivity index (χ4v) is 2.52. The van der Waals surface area contributed by atoms with Gasteiger partial charge in [-0.2, -0.15) is 0 Å². The van der Waals surface area contributed by atoms with Gasteiger partial charge >= 0.3 is 6.03 Å². The van der Waals surface area contributed by atoms with Crippen LogP contribution in [0.3, 0.4) is 0 Å². The molecule has 2 aromatic rings. The Morgan fingerprint density at radius 1 is 1.22 bits per heavy atom. The van der Waals surface area contributed by atoms with Gasteiger partial charge in [-0.3, -0.25) is 9.69 Å². The van der Waals surface area contributed by atoms with Crippen molar-refractivity contribution >= 4 is 11.9 Å². The number of amides is 3. The molecule has 1 aliphatic heterocycles. The number of furan rings is 1. The Hall–Kier alpha value is -2.76. The van der Waals surface area contributed by atoms with E-state index in [9.17, 15) is 9.59 Å². The third-order valence-electron chi connectivity index (χ3n) is 3.89. The summed E-state index contributed by atoms with van der Waals surface area (Å²) in [4.78, 5) is 25.8. The van der Waals surface area contributed by atoms with Crippen molar-refractivity contribution in [3.63, 3.8) is 0 Å². The number of nitrogens with zero attached hydrogens (tertiary/aromatic N) is 1. The van der Waals surface area contributed by atoms with Gasteiger partial charge in [0.2, 0.25) is 0 Å². The maximum Gasteiger partial charge on any atom is 0.325 e. The van der Waals surface area contributed by atoms with Gasteiger partial charge < -0.3 is 14.5 Å². The number of hydrogen-bond acceptors (Lipinski definition) is 4. The lowest BCUT2D eigenvalue weighted by Gasteiger charge is -2.19. The van der Waals surface area contributed by atoms with Crippen LogP contribution in [0.4, 0.5) is 4.79 Å². The summed E-state index contributed by atoms with van der Waals surface area (Å²) >= 11 is 0. The number of carbonyl (C=O) groups excluding carboxylic acids is 2. The third-order valence-corrected chi connectivity index (χ3v) is 3.89. The van der Waals surface area contributed by atoms with Crippen molar-refractivity contribution in [3.05, 3.63) is 54.0 Å². The highest BCUT2D eigenvalue weighted by atomic mass is 16.5. The van der Waals surface area contributed by atoms with E-state index in [-0.39, 0.29) is 19.1 Å². The monoisotopic (exact) mass is 314 g/mol. The van der Waals surface area contributed by atoms with Crippen LogP contribution in [0.2, 0.25) is 0 Å². The molecule has 0 aliphatic carbocycles. The van der Waals surface area contributed by atoms with E-state index in [1.54, 1.807) is 19.1 Å². The number of benzene rings is 1. The van der Waals surface area contributed by atoms with Crippen LogP contribution < -0.4 is 10.1 Å². The highest BCUT2D eigenvalue weighted by molar-refractivity contribution is 6.06. The lowest BCUT2D eigenvalue weighted by atomic mass is 9.99. The Balaban J connectivity index is 1.63. The average Bonchev–Trinajstić information content (AvgIpc) is 3.13. The molecule has 6 heteroatoms. The second-order valence-corrected chi connectivity index (χ2v) is 5.65. The molecule has 1 saturated heterocycles. The molecule has 3 amide bonds. The first-order valence-corrected chi connectivity index (χ1v) is 7.38. The molecule has 6 nitrogen and oxygen atoms in total. The molecular formula is C17H18N2O4. The summed E-state index contributed by atoms with van der Waals surface area (Å²) in [6, 6.07) is 10.5. The fraction of sp³-hybridized carbons (Fsp3) is 0.294. The molecule has 1 aromatic carbocycles. The van der Waals surface area contributed by atoms with Crippen LogP contribution in [0.1, 0.15) is 18.2 Å². The van der Waals surface area contributed by atoms with E-state index in [1.165, 1.54) is 6.26 Å². The molecule has 1 N–H and O–H groups in total. The molecule has 1 aliphatic rings. The Morgan fingerprint density at radius 3 is 2.61 bits per heavy atom. The highest BCUT2D eigenvalue weighted by Gasteiger charge is 2.50. The van der Waals surface area contributed by atoms with Crippen molar-refractivity contribution in [3.8, 4) is 5.75 Å². The summed E-state index contributed by atoms with van der Waals surface area (Å²) in [7, 11) is 0.